The quantitative estimate of drug-likeness (QED) is 0.116. The number of benzene rings is 5. The number of rotatable bonds is 11. The molecule has 3 N–H and O–H groups in total. The van der Waals surface area contributed by atoms with Gasteiger partial charge in [0.1, 0.15) is 36.8 Å². The lowest BCUT2D eigenvalue weighted by Gasteiger charge is -2.37. The Morgan fingerprint density at radius 1 is 0.885 bits per heavy atom. The molecule has 0 bridgehead atoms. The zero-order valence-electron chi connectivity index (χ0n) is 33.2. The summed E-state index contributed by atoms with van der Waals surface area (Å²) in [6.45, 7) is 4.51. The van der Waals surface area contributed by atoms with Gasteiger partial charge < -0.3 is 34.6 Å². The SMILES string of the molecule is Cc1nccc(-c2ccc(C[C@H](NC(=O)[C@@H]3Cc4cc5c(cc4CN3C(=O)c3cccc(O)c3)OC(c3ccc(OCc4ccc(Cl)c(Cl)c4)cc3)CO5)C(=O)O)cc2)c1C. The van der Waals surface area contributed by atoms with E-state index in [1.54, 1.807) is 30.5 Å². The van der Waals surface area contributed by atoms with E-state index < -0.39 is 36.0 Å². The fourth-order valence-electron chi connectivity index (χ4n) is 7.62. The second-order valence-electron chi connectivity index (χ2n) is 15.2. The second-order valence-corrected chi connectivity index (χ2v) is 16.0. The van der Waals surface area contributed by atoms with Crippen LogP contribution >= 0.6 is 23.2 Å². The van der Waals surface area contributed by atoms with Gasteiger partial charge in [-0.15, -0.1) is 0 Å². The van der Waals surface area contributed by atoms with Crippen LogP contribution in [0.4, 0.5) is 0 Å². The summed E-state index contributed by atoms with van der Waals surface area (Å²) in [6, 6.07) is 29.5. The van der Waals surface area contributed by atoms with E-state index in [2.05, 4.69) is 10.3 Å². The molecule has 3 atom stereocenters. The molecule has 6 aromatic rings. The largest absolute Gasteiger partial charge is 0.508 e. The number of carbonyl (C=O) groups excluding carboxylic acids is 2. The van der Waals surface area contributed by atoms with Crippen molar-refractivity contribution in [2.75, 3.05) is 6.61 Å². The Bertz CT molecular complexity index is 2640. The second kappa shape index (κ2) is 17.6. The fourth-order valence-corrected chi connectivity index (χ4v) is 7.94. The van der Waals surface area contributed by atoms with Crippen LogP contribution in [-0.2, 0) is 35.6 Å². The molecule has 0 saturated carbocycles. The van der Waals surface area contributed by atoms with Crippen molar-refractivity contribution in [2.45, 2.75) is 58.0 Å². The van der Waals surface area contributed by atoms with E-state index in [-0.39, 0.29) is 37.3 Å². The molecule has 1 unspecified atom stereocenters. The van der Waals surface area contributed by atoms with Gasteiger partial charge in [0.2, 0.25) is 5.91 Å². The van der Waals surface area contributed by atoms with Crippen LogP contribution in [0.3, 0.4) is 0 Å². The number of carboxylic acid groups (broad SMARTS) is 1. The Labute approximate surface area is 362 Å². The third-order valence-corrected chi connectivity index (χ3v) is 11.9. The van der Waals surface area contributed by atoms with E-state index in [4.69, 9.17) is 37.4 Å². The maximum atomic E-state index is 14.2. The average molecular weight is 859 g/mol. The normalized spacial score (nSPS) is 16.0. The molecule has 0 fully saturated rings. The number of aromatic hydroxyl groups is 1. The van der Waals surface area contributed by atoms with Gasteiger partial charge in [-0.3, -0.25) is 14.6 Å². The molecule has 0 aliphatic carbocycles. The summed E-state index contributed by atoms with van der Waals surface area (Å²) >= 11 is 12.2. The monoisotopic (exact) mass is 857 g/mol. The minimum Gasteiger partial charge on any atom is -0.508 e. The van der Waals surface area contributed by atoms with Crippen LogP contribution in [0.5, 0.6) is 23.0 Å². The number of fused-ring (bicyclic) bond motifs is 2. The number of halogens is 2. The fraction of sp³-hybridized carbons (Fsp3) is 0.208. The van der Waals surface area contributed by atoms with Crippen LogP contribution in [0.25, 0.3) is 11.1 Å². The van der Waals surface area contributed by atoms with Crippen molar-refractivity contribution in [2.24, 2.45) is 0 Å². The van der Waals surface area contributed by atoms with Gasteiger partial charge in [0.05, 0.1) is 10.0 Å². The lowest BCUT2D eigenvalue weighted by Crippen LogP contribution is -2.56. The van der Waals surface area contributed by atoms with E-state index in [0.717, 1.165) is 44.6 Å². The first-order chi connectivity index (χ1) is 29.4. The standard InChI is InChI=1S/C48H41Cl2N3O8/c1-27-28(2)51-17-16-38(27)31-9-6-29(7-10-31)19-41(48(57)58)52-46(55)42-21-34-22-43-44(23-35(34)24-53(42)47(56)33-4-3-5-36(54)20-33)61-45(26-60-43)32-11-13-37(14-12-32)59-25-30-8-15-39(49)40(50)18-30/h3-18,20,22-23,41-42,45,54H,19,21,24-26H2,1-2H3,(H,52,55)(H,57,58)/t41-,42-,45?/m0/s1. The molecule has 5 aromatic carbocycles. The molecule has 13 heteroatoms. The van der Waals surface area contributed by atoms with Crippen molar-refractivity contribution in [1.29, 1.82) is 0 Å². The van der Waals surface area contributed by atoms with Crippen LogP contribution in [0.1, 0.15) is 55.5 Å². The molecule has 3 heterocycles. The van der Waals surface area contributed by atoms with Crippen molar-refractivity contribution >= 4 is 41.0 Å². The van der Waals surface area contributed by atoms with Gasteiger partial charge in [0.25, 0.3) is 5.91 Å². The van der Waals surface area contributed by atoms with Crippen LogP contribution in [0, 0.1) is 13.8 Å². The molecule has 0 radical (unpaired) electrons. The summed E-state index contributed by atoms with van der Waals surface area (Å²) in [7, 11) is 0. The van der Waals surface area contributed by atoms with Crippen LogP contribution < -0.4 is 19.5 Å². The number of aryl methyl sites for hydroxylation is 1. The summed E-state index contributed by atoms with van der Waals surface area (Å²) in [5, 5.41) is 24.2. The molecule has 0 saturated heterocycles. The van der Waals surface area contributed by atoms with Crippen LogP contribution in [0.2, 0.25) is 10.0 Å². The molecule has 61 heavy (non-hydrogen) atoms. The Morgan fingerprint density at radius 2 is 1.64 bits per heavy atom. The van der Waals surface area contributed by atoms with Crippen molar-refractivity contribution in [3.63, 3.8) is 0 Å². The molecule has 2 amide bonds. The van der Waals surface area contributed by atoms with Crippen LogP contribution in [0.15, 0.2) is 115 Å². The maximum absolute atomic E-state index is 14.2. The first-order valence-corrected chi connectivity index (χ1v) is 20.4. The number of carboxylic acids is 1. The summed E-state index contributed by atoms with van der Waals surface area (Å²) in [5.41, 5.74) is 8.11. The lowest BCUT2D eigenvalue weighted by molar-refractivity contribution is -0.142. The van der Waals surface area contributed by atoms with Crippen LogP contribution in [-0.4, -0.2) is 56.6 Å². The van der Waals surface area contributed by atoms with Crippen molar-refractivity contribution in [3.05, 3.63) is 170 Å². The molecular weight excluding hydrogens is 817 g/mol. The zero-order valence-corrected chi connectivity index (χ0v) is 34.7. The number of pyridine rings is 1. The molecular formula is C48H41Cl2N3O8. The summed E-state index contributed by atoms with van der Waals surface area (Å²) < 4.78 is 18.6. The highest BCUT2D eigenvalue weighted by Crippen LogP contribution is 2.41. The first kappa shape index (κ1) is 41.2. The highest BCUT2D eigenvalue weighted by molar-refractivity contribution is 6.42. The Kier molecular flexibility index (Phi) is 11.9. The number of amides is 2. The number of nitrogens with zero attached hydrogens (tertiary/aromatic N) is 2. The van der Waals surface area contributed by atoms with Gasteiger partial charge in [-0.25, -0.2) is 4.79 Å². The van der Waals surface area contributed by atoms with E-state index in [1.165, 1.54) is 17.0 Å². The number of ether oxygens (including phenoxy) is 3. The topological polar surface area (TPSA) is 148 Å². The number of phenolic OH excluding ortho intramolecular Hbond substituents is 1. The Balaban J connectivity index is 0.991. The number of hydrogen-bond donors (Lipinski definition) is 3. The van der Waals surface area contributed by atoms with E-state index in [0.29, 0.717) is 39.5 Å². The smallest absolute Gasteiger partial charge is 0.326 e. The van der Waals surface area contributed by atoms with E-state index in [1.807, 2.05) is 86.6 Å². The van der Waals surface area contributed by atoms with Gasteiger partial charge in [-0.2, -0.15) is 0 Å². The van der Waals surface area contributed by atoms with E-state index >= 15 is 0 Å². The Hall–Kier alpha value is -6.56. The minimum absolute atomic E-state index is 0.0151. The lowest BCUT2D eigenvalue weighted by atomic mass is 9.91. The number of carbonyl (C=O) groups is 3. The third-order valence-electron chi connectivity index (χ3n) is 11.1. The third kappa shape index (κ3) is 9.13. The molecule has 11 nitrogen and oxygen atoms in total. The van der Waals surface area contributed by atoms with Gasteiger partial charge >= 0.3 is 5.97 Å². The average Bonchev–Trinajstić information content (AvgIpc) is 3.26. The van der Waals surface area contributed by atoms with Gasteiger partial charge in [-0.1, -0.05) is 71.7 Å². The summed E-state index contributed by atoms with van der Waals surface area (Å²) in [6.07, 6.45) is 1.43. The van der Waals surface area contributed by atoms with Gasteiger partial charge in [0, 0.05) is 36.8 Å². The Morgan fingerprint density at radius 3 is 2.38 bits per heavy atom. The minimum atomic E-state index is -1.28. The molecule has 310 valence electrons. The summed E-state index contributed by atoms with van der Waals surface area (Å²) in [5.74, 6) is -0.801. The zero-order chi connectivity index (χ0) is 42.8. The summed E-state index contributed by atoms with van der Waals surface area (Å²) in [4.78, 5) is 46.7. The van der Waals surface area contributed by atoms with Crippen molar-refractivity contribution in [1.82, 2.24) is 15.2 Å². The van der Waals surface area contributed by atoms with Crippen molar-refractivity contribution in [3.8, 4) is 34.1 Å². The van der Waals surface area contributed by atoms with Gasteiger partial charge in [0.15, 0.2) is 17.6 Å². The van der Waals surface area contributed by atoms with Gasteiger partial charge in [-0.05, 0) is 119 Å². The number of nitrogens with one attached hydrogen (secondary N) is 1. The molecule has 2 aliphatic rings. The maximum Gasteiger partial charge on any atom is 0.326 e. The number of aliphatic carboxylic acids is 1. The number of phenols is 1. The highest BCUT2D eigenvalue weighted by Gasteiger charge is 2.38. The highest BCUT2D eigenvalue weighted by atomic mass is 35.5. The molecule has 2 aliphatic heterocycles. The predicted octanol–water partition coefficient (Wildman–Crippen LogP) is 8.85. The van der Waals surface area contributed by atoms with E-state index in [9.17, 15) is 24.6 Å². The molecule has 1 aromatic heterocycles. The molecule has 0 spiro atoms. The van der Waals surface area contributed by atoms with Crippen molar-refractivity contribution < 1.29 is 38.8 Å². The first-order valence-electron chi connectivity index (χ1n) is 19.7. The number of hydrogen-bond acceptors (Lipinski definition) is 8. The number of aromatic nitrogens is 1. The predicted molar refractivity (Wildman–Crippen MR) is 230 cm³/mol. The molecule has 8 rings (SSSR count).